The molecule has 0 saturated heterocycles. The van der Waals surface area contributed by atoms with Gasteiger partial charge in [-0.05, 0) is 32.8 Å². The summed E-state index contributed by atoms with van der Waals surface area (Å²) in [6.45, 7) is 6.74. The highest BCUT2D eigenvalue weighted by molar-refractivity contribution is 7.16. The molecule has 12 heteroatoms. The number of carbonyl (C=O) groups excluding carboxylic acids is 3. The minimum Gasteiger partial charge on any atom is -0.493 e. The highest BCUT2D eigenvalue weighted by Gasteiger charge is 2.27. The third-order valence-corrected chi connectivity index (χ3v) is 5.69. The molecule has 1 aromatic heterocycles. The van der Waals surface area contributed by atoms with Gasteiger partial charge in [-0.3, -0.25) is 14.9 Å². The summed E-state index contributed by atoms with van der Waals surface area (Å²) >= 11 is 1.20. The Balaban J connectivity index is 2.21. The van der Waals surface area contributed by atoms with E-state index in [9.17, 15) is 24.5 Å². The monoisotopic (exact) mass is 494 g/mol. The third kappa shape index (κ3) is 6.01. The Morgan fingerprint density at radius 2 is 1.76 bits per heavy atom. The van der Waals surface area contributed by atoms with Crippen molar-refractivity contribution in [2.75, 3.05) is 32.2 Å². The van der Waals surface area contributed by atoms with Crippen molar-refractivity contribution < 1.29 is 38.3 Å². The Morgan fingerprint density at radius 3 is 2.32 bits per heavy atom. The van der Waals surface area contributed by atoms with Crippen molar-refractivity contribution in [1.29, 1.82) is 0 Å². The molecule has 34 heavy (non-hydrogen) atoms. The van der Waals surface area contributed by atoms with Crippen LogP contribution < -0.4 is 14.8 Å². The van der Waals surface area contributed by atoms with Crippen LogP contribution in [-0.4, -0.2) is 49.7 Å². The molecule has 1 amide bonds. The summed E-state index contributed by atoms with van der Waals surface area (Å²) in [6, 6.07) is 2.18. The fourth-order valence-electron chi connectivity index (χ4n) is 3.17. The van der Waals surface area contributed by atoms with E-state index in [0.717, 1.165) is 22.6 Å². The Hall–Kier alpha value is -3.67. The van der Waals surface area contributed by atoms with Gasteiger partial charge >= 0.3 is 11.9 Å². The molecular weight excluding hydrogens is 468 g/mol. The van der Waals surface area contributed by atoms with Crippen LogP contribution in [0.15, 0.2) is 12.1 Å². The number of aryl methyl sites for hydroxylation is 1. The lowest BCUT2D eigenvalue weighted by molar-refractivity contribution is -0.385. The fraction of sp³-hybridized carbons (Fsp3) is 0.409. The van der Waals surface area contributed by atoms with Gasteiger partial charge in [-0.25, -0.2) is 9.59 Å². The first-order chi connectivity index (χ1) is 16.2. The average molecular weight is 495 g/mol. The predicted octanol–water partition coefficient (Wildman–Crippen LogP) is 3.91. The first kappa shape index (κ1) is 26.6. The van der Waals surface area contributed by atoms with Gasteiger partial charge in [0.15, 0.2) is 18.1 Å². The number of nitro groups is 1. The van der Waals surface area contributed by atoms with Gasteiger partial charge in [0.2, 0.25) is 0 Å². The summed E-state index contributed by atoms with van der Waals surface area (Å²) in [5.74, 6) is -2.18. The Morgan fingerprint density at radius 1 is 1.06 bits per heavy atom. The Bertz CT molecular complexity index is 1090. The molecule has 0 radical (unpaired) electrons. The fourth-order valence-corrected chi connectivity index (χ4v) is 4.32. The lowest BCUT2D eigenvalue weighted by atomic mass is 10.1. The van der Waals surface area contributed by atoms with E-state index in [1.165, 1.54) is 18.4 Å². The number of ether oxygens (including phenoxy) is 4. The van der Waals surface area contributed by atoms with Gasteiger partial charge in [0, 0.05) is 10.9 Å². The van der Waals surface area contributed by atoms with Crippen LogP contribution in [0.2, 0.25) is 0 Å². The van der Waals surface area contributed by atoms with Crippen LogP contribution in [0, 0.1) is 17.0 Å². The first-order valence-electron chi connectivity index (χ1n) is 10.4. The van der Waals surface area contributed by atoms with Gasteiger partial charge < -0.3 is 24.3 Å². The summed E-state index contributed by atoms with van der Waals surface area (Å²) < 4.78 is 20.5. The van der Waals surface area contributed by atoms with E-state index in [-0.39, 0.29) is 35.3 Å². The second kappa shape index (κ2) is 12.0. The number of thiophene rings is 1. The third-order valence-electron chi connectivity index (χ3n) is 4.63. The topological polar surface area (TPSA) is 143 Å². The number of benzene rings is 1. The van der Waals surface area contributed by atoms with Crippen LogP contribution in [0.5, 0.6) is 11.5 Å². The molecule has 11 nitrogen and oxygen atoms in total. The van der Waals surface area contributed by atoms with Crippen LogP contribution in [-0.2, 0) is 20.7 Å². The van der Waals surface area contributed by atoms with Gasteiger partial charge in [-0.2, -0.15) is 0 Å². The van der Waals surface area contributed by atoms with Crippen LogP contribution in [0.3, 0.4) is 0 Å². The zero-order valence-electron chi connectivity index (χ0n) is 19.5. The molecule has 0 aliphatic carbocycles. The number of hydrogen-bond donors (Lipinski definition) is 1. The van der Waals surface area contributed by atoms with Crippen LogP contribution in [0.4, 0.5) is 10.7 Å². The molecule has 0 spiro atoms. The number of amides is 1. The molecule has 0 fully saturated rings. The smallest absolute Gasteiger partial charge is 0.345 e. The normalized spacial score (nSPS) is 10.4. The zero-order chi connectivity index (χ0) is 25.4. The van der Waals surface area contributed by atoms with Crippen LogP contribution in [0.25, 0.3) is 0 Å². The minimum absolute atomic E-state index is 0.0947. The van der Waals surface area contributed by atoms with Crippen molar-refractivity contribution in [3.8, 4) is 11.5 Å². The lowest BCUT2D eigenvalue weighted by Crippen LogP contribution is -2.22. The van der Waals surface area contributed by atoms with Gasteiger partial charge in [0.25, 0.3) is 11.6 Å². The largest absolute Gasteiger partial charge is 0.493 e. The highest BCUT2D eigenvalue weighted by Crippen LogP contribution is 2.36. The van der Waals surface area contributed by atoms with Crippen molar-refractivity contribution in [2.45, 2.75) is 34.1 Å². The number of methoxy groups -OCH3 is 1. The van der Waals surface area contributed by atoms with E-state index in [1.54, 1.807) is 13.8 Å². The number of nitrogens with zero attached hydrogens (tertiary/aromatic N) is 1. The number of carbonyl (C=O) groups is 3. The number of anilines is 1. The highest BCUT2D eigenvalue weighted by atomic mass is 32.1. The van der Waals surface area contributed by atoms with Crippen molar-refractivity contribution in [3.05, 3.63) is 43.8 Å². The first-order valence-corrected chi connectivity index (χ1v) is 11.2. The number of nitrogens with one attached hydrogen (secondary N) is 1. The van der Waals surface area contributed by atoms with Gasteiger partial charge in [0.1, 0.15) is 10.6 Å². The van der Waals surface area contributed by atoms with Crippen molar-refractivity contribution >= 4 is 39.9 Å². The SMILES string of the molecule is CCOC(=O)c1c(NC(=O)COC(=O)c2cc(OC)c(OCC)cc2[N+](=O)[O-])sc(C)c1CC. The quantitative estimate of drug-likeness (QED) is 0.279. The molecule has 0 atom stereocenters. The molecule has 0 aliphatic rings. The molecule has 2 rings (SSSR count). The molecule has 184 valence electrons. The van der Waals surface area contributed by atoms with E-state index in [2.05, 4.69) is 5.32 Å². The molecule has 0 aliphatic heterocycles. The van der Waals surface area contributed by atoms with E-state index >= 15 is 0 Å². The maximum Gasteiger partial charge on any atom is 0.345 e. The van der Waals surface area contributed by atoms with E-state index in [1.807, 2.05) is 13.8 Å². The predicted molar refractivity (Wildman–Crippen MR) is 124 cm³/mol. The molecule has 1 N–H and O–H groups in total. The molecular formula is C22H26N2O9S. The summed E-state index contributed by atoms with van der Waals surface area (Å²) in [4.78, 5) is 48.9. The molecule has 0 unspecified atom stereocenters. The second-order valence-electron chi connectivity index (χ2n) is 6.75. The second-order valence-corrected chi connectivity index (χ2v) is 7.97. The summed E-state index contributed by atoms with van der Waals surface area (Å²) in [7, 11) is 1.32. The van der Waals surface area contributed by atoms with E-state index in [4.69, 9.17) is 18.9 Å². The van der Waals surface area contributed by atoms with Gasteiger partial charge in [-0.1, -0.05) is 6.92 Å². The molecule has 0 saturated carbocycles. The van der Waals surface area contributed by atoms with Crippen molar-refractivity contribution in [3.63, 3.8) is 0 Å². The van der Waals surface area contributed by atoms with Crippen molar-refractivity contribution in [1.82, 2.24) is 0 Å². The zero-order valence-corrected chi connectivity index (χ0v) is 20.3. The summed E-state index contributed by atoms with van der Waals surface area (Å²) in [5, 5.41) is 14.3. The maximum atomic E-state index is 12.6. The number of hydrogen-bond acceptors (Lipinski definition) is 10. The van der Waals surface area contributed by atoms with Crippen molar-refractivity contribution in [2.24, 2.45) is 0 Å². The van der Waals surface area contributed by atoms with Crippen LogP contribution >= 0.6 is 11.3 Å². The maximum absolute atomic E-state index is 12.6. The van der Waals surface area contributed by atoms with E-state index in [0.29, 0.717) is 6.42 Å². The number of esters is 2. The van der Waals surface area contributed by atoms with Crippen LogP contribution in [0.1, 0.15) is 51.9 Å². The molecule has 2 aromatic rings. The number of rotatable bonds is 11. The molecule has 1 heterocycles. The van der Waals surface area contributed by atoms with Gasteiger partial charge in [-0.15, -0.1) is 11.3 Å². The lowest BCUT2D eigenvalue weighted by Gasteiger charge is -2.12. The molecule has 1 aromatic carbocycles. The Labute approximate surface area is 200 Å². The summed E-state index contributed by atoms with van der Waals surface area (Å²) in [5.41, 5.74) is 0.0672. The molecule has 0 bridgehead atoms. The Kier molecular flexibility index (Phi) is 9.36. The van der Waals surface area contributed by atoms with E-state index < -0.39 is 40.6 Å². The summed E-state index contributed by atoms with van der Waals surface area (Å²) in [6.07, 6.45) is 0.560. The standard InChI is InChI=1S/C22H26N2O9S/c1-6-13-12(4)34-20(19(13)22(27)32-8-3)23-18(25)11-33-21(26)14-9-16(30-5)17(31-7-2)10-15(14)24(28)29/h9-10H,6-8,11H2,1-5H3,(H,23,25). The minimum atomic E-state index is -1.09. The average Bonchev–Trinajstić information content (AvgIpc) is 3.11. The number of nitro benzene ring substituents is 1. The van der Waals surface area contributed by atoms with Gasteiger partial charge in [0.05, 0.1) is 36.9 Å².